The van der Waals surface area contributed by atoms with Crippen LogP contribution in [0.5, 0.6) is 0 Å². The lowest BCUT2D eigenvalue weighted by atomic mass is 9.81. The number of aliphatic hydroxyl groups is 2. The first kappa shape index (κ1) is 19.2. The molecule has 142 valence electrons. The molecule has 0 aromatic heterocycles. The molecule has 1 heterocycles. The monoisotopic (exact) mass is 378 g/mol. The SMILES string of the molecule is CN(C)CCNC(=O)[C@@H]1C[C@@H](O)[C@H](O)[C@H]2N=C(Nc3ccccc3)S[C@@H]21. The van der Waals surface area contributed by atoms with Gasteiger partial charge in [-0.2, -0.15) is 0 Å². The van der Waals surface area contributed by atoms with Crippen LogP contribution >= 0.6 is 11.8 Å². The van der Waals surface area contributed by atoms with E-state index in [9.17, 15) is 15.0 Å². The molecule has 2 aliphatic rings. The van der Waals surface area contributed by atoms with Crippen molar-refractivity contribution in [3.63, 3.8) is 0 Å². The Morgan fingerprint density at radius 3 is 2.73 bits per heavy atom. The molecule has 1 aromatic carbocycles. The Labute approximate surface area is 157 Å². The van der Waals surface area contributed by atoms with Crippen molar-refractivity contribution >= 4 is 28.5 Å². The molecule has 0 bridgehead atoms. The summed E-state index contributed by atoms with van der Waals surface area (Å²) in [4.78, 5) is 19.2. The molecule has 4 N–H and O–H groups in total. The number of benzene rings is 1. The number of nitrogens with one attached hydrogen (secondary N) is 2. The summed E-state index contributed by atoms with van der Waals surface area (Å²) in [7, 11) is 3.90. The van der Waals surface area contributed by atoms with Gasteiger partial charge in [0.1, 0.15) is 6.10 Å². The first-order valence-electron chi connectivity index (χ1n) is 8.81. The maximum Gasteiger partial charge on any atom is 0.224 e. The molecule has 0 radical (unpaired) electrons. The lowest BCUT2D eigenvalue weighted by Gasteiger charge is -2.37. The third kappa shape index (κ3) is 4.37. The van der Waals surface area contributed by atoms with Crippen molar-refractivity contribution in [2.45, 2.75) is 29.9 Å². The van der Waals surface area contributed by atoms with Crippen LogP contribution in [0, 0.1) is 5.92 Å². The van der Waals surface area contributed by atoms with Crippen molar-refractivity contribution in [3.05, 3.63) is 30.3 Å². The summed E-state index contributed by atoms with van der Waals surface area (Å²) in [6.45, 7) is 1.31. The van der Waals surface area contributed by atoms with Gasteiger partial charge in [0.15, 0.2) is 5.17 Å². The maximum atomic E-state index is 12.6. The van der Waals surface area contributed by atoms with Crippen molar-refractivity contribution in [1.82, 2.24) is 10.2 Å². The van der Waals surface area contributed by atoms with Gasteiger partial charge < -0.3 is 25.7 Å². The highest BCUT2D eigenvalue weighted by molar-refractivity contribution is 8.15. The number of hydrogen-bond acceptors (Lipinski definition) is 7. The van der Waals surface area contributed by atoms with E-state index in [1.165, 1.54) is 11.8 Å². The molecular weight excluding hydrogens is 352 g/mol. The second-order valence-electron chi connectivity index (χ2n) is 6.99. The number of likely N-dealkylation sites (N-methyl/N-ethyl adjacent to an activating group) is 1. The van der Waals surface area contributed by atoms with Crippen LogP contribution in [0.15, 0.2) is 35.3 Å². The largest absolute Gasteiger partial charge is 0.390 e. The molecule has 1 aliphatic heterocycles. The number of rotatable bonds is 5. The fourth-order valence-corrected chi connectivity index (χ4v) is 4.66. The highest BCUT2D eigenvalue weighted by atomic mass is 32.2. The van der Waals surface area contributed by atoms with Crippen molar-refractivity contribution in [2.24, 2.45) is 10.9 Å². The van der Waals surface area contributed by atoms with Gasteiger partial charge in [0.25, 0.3) is 0 Å². The van der Waals surface area contributed by atoms with E-state index in [-0.39, 0.29) is 23.5 Å². The van der Waals surface area contributed by atoms with Gasteiger partial charge in [-0.15, -0.1) is 0 Å². The number of fused-ring (bicyclic) bond motifs is 1. The van der Waals surface area contributed by atoms with Crippen LogP contribution in [0.2, 0.25) is 0 Å². The fourth-order valence-electron chi connectivity index (χ4n) is 3.29. The average molecular weight is 378 g/mol. The Morgan fingerprint density at radius 1 is 1.31 bits per heavy atom. The van der Waals surface area contributed by atoms with E-state index in [4.69, 9.17) is 0 Å². The van der Waals surface area contributed by atoms with Crippen LogP contribution < -0.4 is 10.6 Å². The minimum Gasteiger partial charge on any atom is -0.390 e. The van der Waals surface area contributed by atoms with E-state index in [1.54, 1.807) is 0 Å². The molecule has 5 atom stereocenters. The van der Waals surface area contributed by atoms with Crippen molar-refractivity contribution in [1.29, 1.82) is 0 Å². The van der Waals surface area contributed by atoms with Crippen LogP contribution in [0.1, 0.15) is 6.42 Å². The summed E-state index contributed by atoms with van der Waals surface area (Å²) in [5.41, 5.74) is 0.902. The number of anilines is 1. The smallest absolute Gasteiger partial charge is 0.224 e. The molecule has 0 saturated heterocycles. The normalized spacial score (nSPS) is 30.7. The number of amidine groups is 1. The highest BCUT2D eigenvalue weighted by Crippen LogP contribution is 2.41. The van der Waals surface area contributed by atoms with Gasteiger partial charge in [-0.05, 0) is 32.6 Å². The lowest BCUT2D eigenvalue weighted by molar-refractivity contribution is -0.129. The molecule has 1 saturated carbocycles. The van der Waals surface area contributed by atoms with E-state index >= 15 is 0 Å². The number of amides is 1. The minimum absolute atomic E-state index is 0.0866. The van der Waals surface area contributed by atoms with Crippen molar-refractivity contribution in [2.75, 3.05) is 32.5 Å². The zero-order chi connectivity index (χ0) is 18.7. The topological polar surface area (TPSA) is 97.2 Å². The molecule has 0 unspecified atom stereocenters. The molecule has 0 spiro atoms. The molecule has 8 heteroatoms. The average Bonchev–Trinajstić information content (AvgIpc) is 3.02. The molecular formula is C18H26N4O3S. The lowest BCUT2D eigenvalue weighted by Crippen LogP contribution is -2.54. The second-order valence-corrected chi connectivity index (χ2v) is 8.16. The minimum atomic E-state index is -0.951. The number of hydrogen-bond donors (Lipinski definition) is 4. The number of aliphatic imine (C=N–C) groups is 1. The van der Waals surface area contributed by atoms with Crippen LogP contribution in [0.3, 0.4) is 0 Å². The summed E-state index contributed by atoms with van der Waals surface area (Å²) in [6, 6.07) is 9.16. The summed E-state index contributed by atoms with van der Waals surface area (Å²) >= 11 is 1.47. The van der Waals surface area contributed by atoms with Gasteiger partial charge in [-0.1, -0.05) is 30.0 Å². The van der Waals surface area contributed by atoms with E-state index in [1.807, 2.05) is 49.3 Å². The van der Waals surface area contributed by atoms with Gasteiger partial charge in [-0.25, -0.2) is 0 Å². The summed E-state index contributed by atoms with van der Waals surface area (Å²) in [5.74, 6) is -0.471. The summed E-state index contributed by atoms with van der Waals surface area (Å²) in [6.07, 6.45) is -1.65. The Morgan fingerprint density at radius 2 is 2.04 bits per heavy atom. The van der Waals surface area contributed by atoms with E-state index in [2.05, 4.69) is 15.6 Å². The molecule has 7 nitrogen and oxygen atoms in total. The van der Waals surface area contributed by atoms with Crippen LogP contribution in [-0.4, -0.2) is 76.9 Å². The zero-order valence-electron chi connectivity index (χ0n) is 15.0. The van der Waals surface area contributed by atoms with E-state index in [0.717, 1.165) is 12.2 Å². The Kier molecular flexibility index (Phi) is 6.18. The molecule has 1 aromatic rings. The van der Waals surface area contributed by atoms with Gasteiger partial charge in [-0.3, -0.25) is 9.79 Å². The summed E-state index contributed by atoms with van der Waals surface area (Å²) in [5, 5.41) is 27.2. The predicted molar refractivity (Wildman–Crippen MR) is 104 cm³/mol. The standard InChI is InChI=1S/C18H26N4O3S/c1-22(2)9-8-19-17(25)12-10-13(23)15(24)14-16(12)26-18(21-14)20-11-6-4-3-5-7-11/h3-7,12-16,23-24H,8-10H2,1-2H3,(H,19,25)(H,20,21)/t12-,13-,14-,15+,16-/m1/s1. The summed E-state index contributed by atoms with van der Waals surface area (Å²) < 4.78 is 0. The molecule has 1 fully saturated rings. The number of carbonyl (C=O) groups excluding carboxylic acids is 1. The number of para-hydroxylation sites is 1. The van der Waals surface area contributed by atoms with Crippen molar-refractivity contribution in [3.8, 4) is 0 Å². The first-order valence-corrected chi connectivity index (χ1v) is 9.69. The van der Waals surface area contributed by atoms with Crippen LogP contribution in [0.25, 0.3) is 0 Å². The highest BCUT2D eigenvalue weighted by Gasteiger charge is 2.50. The Hall–Kier alpha value is -1.61. The third-order valence-electron chi connectivity index (χ3n) is 4.71. The Balaban J connectivity index is 1.68. The Bertz CT molecular complexity index is 655. The quantitative estimate of drug-likeness (QED) is 0.591. The van der Waals surface area contributed by atoms with E-state index in [0.29, 0.717) is 11.7 Å². The molecule has 3 rings (SSSR count). The number of aliphatic hydroxyl groups excluding tert-OH is 2. The number of carbonyl (C=O) groups is 1. The second kappa shape index (κ2) is 8.39. The van der Waals surface area contributed by atoms with Crippen molar-refractivity contribution < 1.29 is 15.0 Å². The molecule has 1 aliphatic carbocycles. The first-order chi connectivity index (χ1) is 12.5. The predicted octanol–water partition coefficient (Wildman–Crippen LogP) is 0.358. The molecule has 26 heavy (non-hydrogen) atoms. The number of nitrogens with zero attached hydrogens (tertiary/aromatic N) is 2. The van der Waals surface area contributed by atoms with E-state index < -0.39 is 18.2 Å². The van der Waals surface area contributed by atoms with Gasteiger partial charge in [0.2, 0.25) is 5.91 Å². The fraction of sp³-hybridized carbons (Fsp3) is 0.556. The van der Waals surface area contributed by atoms with Gasteiger partial charge in [0, 0.05) is 24.0 Å². The zero-order valence-corrected chi connectivity index (χ0v) is 15.8. The van der Waals surface area contributed by atoms with Gasteiger partial charge >= 0.3 is 0 Å². The number of thioether (sulfide) groups is 1. The molecule has 1 amide bonds. The third-order valence-corrected chi connectivity index (χ3v) is 6.02. The van der Waals surface area contributed by atoms with Crippen LogP contribution in [0.4, 0.5) is 5.69 Å². The van der Waals surface area contributed by atoms with Gasteiger partial charge in [0.05, 0.1) is 18.1 Å². The maximum absolute atomic E-state index is 12.6. The van der Waals surface area contributed by atoms with Crippen LogP contribution in [-0.2, 0) is 4.79 Å².